The Morgan fingerprint density at radius 3 is 2.83 bits per heavy atom. The predicted molar refractivity (Wildman–Crippen MR) is 50.6 cm³/mol. The number of thioether (sulfide) groups is 1. The Morgan fingerprint density at radius 1 is 1.75 bits per heavy atom. The number of nitrogens with one attached hydrogen (secondary N) is 1. The van der Waals surface area contributed by atoms with Crippen molar-refractivity contribution in [3.05, 3.63) is 0 Å². The van der Waals surface area contributed by atoms with E-state index in [9.17, 15) is 4.79 Å². The van der Waals surface area contributed by atoms with E-state index in [4.69, 9.17) is 5.11 Å². The first-order valence-corrected chi connectivity index (χ1v) is 5.25. The molecule has 1 heterocycles. The first-order chi connectivity index (χ1) is 5.59. The van der Waals surface area contributed by atoms with E-state index >= 15 is 0 Å². The Balaban J connectivity index is 2.27. The van der Waals surface area contributed by atoms with E-state index in [1.54, 1.807) is 6.92 Å². The lowest BCUT2D eigenvalue weighted by Gasteiger charge is -2.14. The molecule has 0 radical (unpaired) electrons. The third-order valence-electron chi connectivity index (χ3n) is 2.05. The van der Waals surface area contributed by atoms with Crippen LogP contribution in [0.15, 0.2) is 0 Å². The fourth-order valence-electron chi connectivity index (χ4n) is 1.36. The molecule has 1 saturated heterocycles. The molecule has 3 nitrogen and oxygen atoms in total. The molecule has 3 atom stereocenters. The van der Waals surface area contributed by atoms with Crippen molar-refractivity contribution in [3.8, 4) is 0 Å². The fraction of sp³-hybridized carbons (Fsp3) is 0.875. The largest absolute Gasteiger partial charge is 0.480 e. The summed E-state index contributed by atoms with van der Waals surface area (Å²) >= 11 is 1.90. The van der Waals surface area contributed by atoms with Crippen molar-refractivity contribution in [3.63, 3.8) is 0 Å². The van der Waals surface area contributed by atoms with Crippen molar-refractivity contribution in [1.82, 2.24) is 5.32 Å². The van der Waals surface area contributed by atoms with Crippen LogP contribution < -0.4 is 5.32 Å². The van der Waals surface area contributed by atoms with E-state index in [0.29, 0.717) is 11.3 Å². The molecule has 2 N–H and O–H groups in total. The van der Waals surface area contributed by atoms with E-state index in [1.807, 2.05) is 11.8 Å². The minimum Gasteiger partial charge on any atom is -0.480 e. The van der Waals surface area contributed by atoms with Gasteiger partial charge in [-0.3, -0.25) is 4.79 Å². The Kier molecular flexibility index (Phi) is 3.40. The summed E-state index contributed by atoms with van der Waals surface area (Å²) in [6, 6.07) is -0.0306. The highest BCUT2D eigenvalue weighted by atomic mass is 32.2. The van der Waals surface area contributed by atoms with Gasteiger partial charge < -0.3 is 10.4 Å². The third-order valence-corrected chi connectivity index (χ3v) is 3.41. The summed E-state index contributed by atoms with van der Waals surface area (Å²) in [5.41, 5.74) is 0. The molecule has 3 unspecified atom stereocenters. The van der Waals surface area contributed by atoms with E-state index in [0.717, 1.165) is 12.2 Å². The lowest BCUT2D eigenvalue weighted by Crippen LogP contribution is -2.41. The maximum atomic E-state index is 10.5. The van der Waals surface area contributed by atoms with Gasteiger partial charge in [0.2, 0.25) is 0 Å². The highest BCUT2D eigenvalue weighted by Crippen LogP contribution is 2.25. The van der Waals surface area contributed by atoms with Crippen LogP contribution in [0.2, 0.25) is 0 Å². The number of carboxylic acids is 1. The molecule has 1 rings (SSSR count). The van der Waals surface area contributed by atoms with Gasteiger partial charge in [0.1, 0.15) is 6.04 Å². The smallest absolute Gasteiger partial charge is 0.320 e. The van der Waals surface area contributed by atoms with Crippen LogP contribution in [-0.4, -0.2) is 34.2 Å². The van der Waals surface area contributed by atoms with E-state index < -0.39 is 12.0 Å². The van der Waals surface area contributed by atoms with Gasteiger partial charge in [0.05, 0.1) is 0 Å². The topological polar surface area (TPSA) is 49.3 Å². The van der Waals surface area contributed by atoms with E-state index in [-0.39, 0.29) is 0 Å². The minimum absolute atomic E-state index is 0.385. The van der Waals surface area contributed by atoms with E-state index in [1.165, 1.54) is 0 Å². The molecule has 0 aromatic heterocycles. The summed E-state index contributed by atoms with van der Waals surface area (Å²) in [4.78, 5) is 10.5. The summed E-state index contributed by atoms with van der Waals surface area (Å²) < 4.78 is 0. The van der Waals surface area contributed by atoms with Crippen LogP contribution in [0.5, 0.6) is 0 Å². The predicted octanol–water partition coefficient (Wildman–Crippen LogP) is 0.943. The Morgan fingerprint density at radius 2 is 2.42 bits per heavy atom. The van der Waals surface area contributed by atoms with Gasteiger partial charge in [-0.25, -0.2) is 0 Å². The van der Waals surface area contributed by atoms with Crippen molar-refractivity contribution in [2.75, 3.05) is 5.75 Å². The first kappa shape index (κ1) is 9.86. The molecule has 4 heteroatoms. The number of hydrogen-bond donors (Lipinski definition) is 2. The number of hydrogen-bond acceptors (Lipinski definition) is 3. The highest BCUT2D eigenvalue weighted by molar-refractivity contribution is 8.00. The second-order valence-corrected chi connectivity index (χ2v) is 4.77. The molecule has 1 aliphatic heterocycles. The van der Waals surface area contributed by atoms with Gasteiger partial charge in [-0.15, -0.1) is 0 Å². The zero-order valence-electron chi connectivity index (χ0n) is 7.41. The summed E-state index contributed by atoms with van der Waals surface area (Å²) in [5.74, 6) is 0.276. The Bertz CT molecular complexity index is 174. The van der Waals surface area contributed by atoms with Gasteiger partial charge in [-0.2, -0.15) is 11.8 Å². The van der Waals surface area contributed by atoms with Gasteiger partial charge in [0.15, 0.2) is 0 Å². The van der Waals surface area contributed by atoms with Gasteiger partial charge in [-0.1, -0.05) is 6.92 Å². The van der Waals surface area contributed by atoms with Crippen LogP contribution in [0.1, 0.15) is 20.3 Å². The molecule has 1 aliphatic rings. The zero-order chi connectivity index (χ0) is 9.14. The quantitative estimate of drug-likeness (QED) is 0.694. The van der Waals surface area contributed by atoms with Gasteiger partial charge in [-0.05, 0) is 13.3 Å². The van der Waals surface area contributed by atoms with Crippen molar-refractivity contribution in [2.45, 2.75) is 37.6 Å². The summed E-state index contributed by atoms with van der Waals surface area (Å²) in [7, 11) is 0. The fourth-order valence-corrected chi connectivity index (χ4v) is 2.52. The van der Waals surface area contributed by atoms with Gasteiger partial charge >= 0.3 is 5.97 Å². The molecule has 70 valence electrons. The van der Waals surface area contributed by atoms with Crippen LogP contribution in [0, 0.1) is 0 Å². The summed E-state index contributed by atoms with van der Waals surface area (Å²) in [6.45, 7) is 3.87. The number of carboxylic acid groups (broad SMARTS) is 1. The molecule has 0 bridgehead atoms. The average Bonchev–Trinajstić information content (AvgIpc) is 2.35. The van der Waals surface area contributed by atoms with Crippen molar-refractivity contribution in [2.24, 2.45) is 0 Å². The highest BCUT2D eigenvalue weighted by Gasteiger charge is 2.24. The molecule has 0 aromatic rings. The van der Waals surface area contributed by atoms with Crippen LogP contribution in [0.25, 0.3) is 0 Å². The van der Waals surface area contributed by atoms with Gasteiger partial charge in [0.25, 0.3) is 0 Å². The zero-order valence-corrected chi connectivity index (χ0v) is 8.23. The second kappa shape index (κ2) is 4.14. The second-order valence-electron chi connectivity index (χ2n) is 3.30. The van der Waals surface area contributed by atoms with Gasteiger partial charge in [0, 0.05) is 17.0 Å². The van der Waals surface area contributed by atoms with Crippen molar-refractivity contribution >= 4 is 17.7 Å². The first-order valence-electron chi connectivity index (χ1n) is 4.20. The van der Waals surface area contributed by atoms with E-state index in [2.05, 4.69) is 12.2 Å². The SMILES string of the molecule is CC1CC(NC(C)C(=O)O)CS1. The lowest BCUT2D eigenvalue weighted by atomic mass is 10.2. The maximum Gasteiger partial charge on any atom is 0.320 e. The number of rotatable bonds is 3. The molecule has 0 spiro atoms. The van der Waals surface area contributed by atoms with Crippen LogP contribution >= 0.6 is 11.8 Å². The van der Waals surface area contributed by atoms with Crippen LogP contribution in [0.4, 0.5) is 0 Å². The molecular weight excluding hydrogens is 174 g/mol. The molecule has 0 saturated carbocycles. The lowest BCUT2D eigenvalue weighted by molar-refractivity contribution is -0.139. The van der Waals surface area contributed by atoms with Crippen LogP contribution in [0.3, 0.4) is 0 Å². The van der Waals surface area contributed by atoms with Crippen molar-refractivity contribution in [1.29, 1.82) is 0 Å². The molecule has 0 aromatic carbocycles. The standard InChI is InChI=1S/C8H15NO2S/c1-5-3-7(4-12-5)9-6(2)8(10)11/h5-7,9H,3-4H2,1-2H3,(H,10,11). The molecule has 12 heavy (non-hydrogen) atoms. The van der Waals surface area contributed by atoms with Crippen LogP contribution in [-0.2, 0) is 4.79 Å². The maximum absolute atomic E-state index is 10.5. The third kappa shape index (κ3) is 2.68. The Hall–Kier alpha value is -0.220. The normalized spacial score (nSPS) is 31.8. The minimum atomic E-state index is -0.764. The number of carbonyl (C=O) groups is 1. The van der Waals surface area contributed by atoms with Crippen molar-refractivity contribution < 1.29 is 9.90 Å². The number of aliphatic carboxylic acids is 1. The summed E-state index contributed by atoms with van der Waals surface area (Å²) in [5, 5.41) is 12.4. The molecule has 1 fully saturated rings. The molecule has 0 aliphatic carbocycles. The summed E-state index contributed by atoms with van der Waals surface area (Å²) in [6.07, 6.45) is 1.09. The average molecular weight is 189 g/mol. The molecular formula is C8H15NO2S. The molecule has 0 amide bonds. The monoisotopic (exact) mass is 189 g/mol. The Labute approximate surface area is 76.9 Å².